The van der Waals surface area contributed by atoms with Crippen molar-refractivity contribution in [2.45, 2.75) is 48.0 Å². The number of rotatable bonds is 10. The third-order valence-electron chi connectivity index (χ3n) is 5.62. The second kappa shape index (κ2) is 35.3. The van der Waals surface area contributed by atoms with E-state index in [-0.39, 0.29) is 0 Å². The predicted molar refractivity (Wildman–Crippen MR) is 196 cm³/mol. The Bertz CT molecular complexity index is 1170. The lowest BCUT2D eigenvalue weighted by molar-refractivity contribution is -0.129. The summed E-state index contributed by atoms with van der Waals surface area (Å²) in [5.41, 5.74) is 4.40. The third kappa shape index (κ3) is 22.4. The van der Waals surface area contributed by atoms with Crippen molar-refractivity contribution in [3.05, 3.63) is 84.8 Å². The highest BCUT2D eigenvalue weighted by molar-refractivity contribution is 5.84. The van der Waals surface area contributed by atoms with Crippen molar-refractivity contribution in [1.29, 1.82) is 5.26 Å². The van der Waals surface area contributed by atoms with Gasteiger partial charge in [0.2, 0.25) is 0 Å². The van der Waals surface area contributed by atoms with Crippen LogP contribution in [0.3, 0.4) is 0 Å². The van der Waals surface area contributed by atoms with E-state index in [2.05, 4.69) is 61.8 Å². The molecule has 10 heteroatoms. The largest absolute Gasteiger partial charge is 0.467 e. The minimum Gasteiger partial charge on any atom is -0.467 e. The van der Waals surface area contributed by atoms with Crippen LogP contribution in [0.15, 0.2) is 73.7 Å². The number of fused-ring (bicyclic) bond motifs is 1. The zero-order valence-electron chi connectivity index (χ0n) is 30.0. The molecule has 46 heavy (non-hydrogen) atoms. The fourth-order valence-electron chi connectivity index (χ4n) is 3.51. The Labute approximate surface area is 279 Å². The lowest BCUT2D eigenvalue weighted by Crippen LogP contribution is -2.38. The van der Waals surface area contributed by atoms with Gasteiger partial charge in [-0.25, -0.2) is 4.52 Å². The maximum atomic E-state index is 9.78. The standard InChI is InChI=1S/C11H13N5.C7H13NO3.C7H12.C7H10.C2H6O.C2H6/c1-7-9(13-2)6-16-11(7)10(14-3)8(4-12)5-15-16;9-7-11-6-3-8-1-4-10-5-2-8;2*1-3-5-7-6-4-2;1-3-2;1-2/h5-6,13-14H,1-3H3;7H,1-6H2;3,5-7H,4H2,1-2H3;3-7H,1H2,2H3;1-2H3;1-2H3/b;;5-3-,7-6-;6-4-,7-5-;;. The molecule has 0 atom stereocenters. The highest BCUT2D eigenvalue weighted by Crippen LogP contribution is 2.29. The van der Waals surface area contributed by atoms with Crippen LogP contribution in [-0.2, 0) is 19.0 Å². The Hall–Kier alpha value is -4.17. The molecule has 0 radical (unpaired) electrons. The fourth-order valence-corrected chi connectivity index (χ4v) is 3.51. The molecule has 0 amide bonds. The summed E-state index contributed by atoms with van der Waals surface area (Å²) in [5.74, 6) is 0. The highest BCUT2D eigenvalue weighted by Gasteiger charge is 2.13. The second-order valence-corrected chi connectivity index (χ2v) is 8.84. The van der Waals surface area contributed by atoms with E-state index >= 15 is 0 Å². The van der Waals surface area contributed by atoms with Crippen LogP contribution >= 0.6 is 0 Å². The molecule has 1 fully saturated rings. The molecule has 2 aromatic rings. The molecule has 1 aliphatic heterocycles. The van der Waals surface area contributed by atoms with Crippen LogP contribution in [0.25, 0.3) is 5.52 Å². The first-order valence-corrected chi connectivity index (χ1v) is 15.6. The van der Waals surface area contributed by atoms with Crippen LogP contribution in [0.5, 0.6) is 0 Å². The predicted octanol–water partition coefficient (Wildman–Crippen LogP) is 7.21. The minimum atomic E-state index is 0.487. The Morgan fingerprint density at radius 1 is 1.07 bits per heavy atom. The number of nitrogens with zero attached hydrogens (tertiary/aromatic N) is 4. The molecule has 3 rings (SSSR count). The summed E-state index contributed by atoms with van der Waals surface area (Å²) in [6.45, 7) is 20.9. The van der Waals surface area contributed by atoms with Crippen molar-refractivity contribution < 1.29 is 19.0 Å². The molecule has 1 aliphatic rings. The Balaban J connectivity index is -0.000000541. The number of aryl methyl sites for hydroxylation is 1. The lowest BCUT2D eigenvalue weighted by atomic mass is 10.2. The number of carbonyl (C=O) groups excluding carboxylic acids is 1. The van der Waals surface area contributed by atoms with Gasteiger partial charge in [0.05, 0.1) is 48.1 Å². The first kappa shape index (κ1) is 46.3. The van der Waals surface area contributed by atoms with Crippen molar-refractivity contribution in [2.24, 2.45) is 0 Å². The summed E-state index contributed by atoms with van der Waals surface area (Å²) >= 11 is 0. The first-order valence-electron chi connectivity index (χ1n) is 15.6. The monoisotopic (exact) mass is 640 g/mol. The van der Waals surface area contributed by atoms with E-state index in [0.29, 0.717) is 18.6 Å². The van der Waals surface area contributed by atoms with Crippen molar-refractivity contribution in [3.8, 4) is 6.07 Å². The lowest BCUT2D eigenvalue weighted by Gasteiger charge is -2.25. The van der Waals surface area contributed by atoms with Crippen molar-refractivity contribution in [1.82, 2.24) is 14.5 Å². The number of nitriles is 1. The SMILES string of the molecule is C/C=C\C=C/CC.C=C/C=C\C=C/C.CC.CNc1cn2ncc(C#N)c(NC)c2c1C.COC.O=COCCN1CCOCC1. The minimum absolute atomic E-state index is 0.487. The van der Waals surface area contributed by atoms with E-state index in [1.165, 1.54) is 0 Å². The maximum absolute atomic E-state index is 9.78. The van der Waals surface area contributed by atoms with Crippen LogP contribution < -0.4 is 10.6 Å². The van der Waals surface area contributed by atoms with E-state index in [0.717, 1.165) is 61.7 Å². The molecule has 0 aromatic carbocycles. The summed E-state index contributed by atoms with van der Waals surface area (Å²) in [7, 11) is 6.92. The second-order valence-electron chi connectivity index (χ2n) is 8.84. The molecule has 0 spiro atoms. The summed E-state index contributed by atoms with van der Waals surface area (Å²) in [5, 5.41) is 19.4. The average molecular weight is 641 g/mol. The highest BCUT2D eigenvalue weighted by atomic mass is 16.5. The fraction of sp³-hybridized carbons (Fsp3) is 0.472. The number of allylic oxidation sites excluding steroid dienone is 9. The molecule has 0 bridgehead atoms. The molecule has 3 heterocycles. The number of carbonyl (C=O) groups is 1. The quantitative estimate of drug-likeness (QED) is 0.158. The molecule has 1 saturated heterocycles. The molecule has 258 valence electrons. The van der Waals surface area contributed by atoms with E-state index in [9.17, 15) is 4.79 Å². The van der Waals surface area contributed by atoms with Gasteiger partial charge < -0.3 is 24.8 Å². The molecule has 0 saturated carbocycles. The summed E-state index contributed by atoms with van der Waals surface area (Å²) in [4.78, 5) is 12.0. The molecule has 2 N–H and O–H groups in total. The van der Waals surface area contributed by atoms with Crippen molar-refractivity contribution in [3.63, 3.8) is 0 Å². The van der Waals surface area contributed by atoms with Gasteiger partial charge in [-0.05, 0) is 27.2 Å². The van der Waals surface area contributed by atoms with Crippen molar-refractivity contribution in [2.75, 3.05) is 78.4 Å². The van der Waals surface area contributed by atoms with E-state index in [4.69, 9.17) is 10.00 Å². The molecule has 0 unspecified atom stereocenters. The van der Waals surface area contributed by atoms with E-state index in [1.54, 1.807) is 31.0 Å². The zero-order chi connectivity index (χ0) is 35.4. The van der Waals surface area contributed by atoms with Crippen LogP contribution in [0, 0.1) is 18.3 Å². The number of aromatic nitrogens is 2. The molecule has 0 aliphatic carbocycles. The van der Waals surface area contributed by atoms with Crippen LogP contribution in [0.4, 0.5) is 11.4 Å². The van der Waals surface area contributed by atoms with Crippen LogP contribution in [0.2, 0.25) is 0 Å². The molecule has 2 aromatic heterocycles. The van der Waals surface area contributed by atoms with Crippen molar-refractivity contribution >= 4 is 23.4 Å². The Morgan fingerprint density at radius 3 is 2.15 bits per heavy atom. The smallest absolute Gasteiger partial charge is 0.293 e. The summed E-state index contributed by atoms with van der Waals surface area (Å²) in [6.07, 6.45) is 22.3. The molecular formula is C36H60N6O4. The number of hydrogen-bond acceptors (Lipinski definition) is 9. The number of morpholine rings is 1. The van der Waals surface area contributed by atoms with Gasteiger partial charge in [-0.1, -0.05) is 82.0 Å². The number of hydrogen-bond donors (Lipinski definition) is 2. The average Bonchev–Trinajstić information content (AvgIpc) is 3.43. The van der Waals surface area contributed by atoms with Gasteiger partial charge in [0.1, 0.15) is 12.7 Å². The number of anilines is 2. The van der Waals surface area contributed by atoms with Gasteiger partial charge >= 0.3 is 0 Å². The normalized spacial score (nSPS) is 12.2. The first-order chi connectivity index (χ1) is 22.4. The van der Waals surface area contributed by atoms with E-state index < -0.39 is 0 Å². The number of methoxy groups -OCH3 is 1. The summed E-state index contributed by atoms with van der Waals surface area (Å²) in [6, 6.07) is 2.13. The van der Waals surface area contributed by atoms with Crippen LogP contribution in [0.1, 0.15) is 52.2 Å². The van der Waals surface area contributed by atoms with Gasteiger partial charge in [-0.2, -0.15) is 10.4 Å². The third-order valence-corrected chi connectivity index (χ3v) is 5.62. The summed E-state index contributed by atoms with van der Waals surface area (Å²) < 4.78 is 15.7. The molecule has 10 nitrogen and oxygen atoms in total. The van der Waals surface area contributed by atoms with Gasteiger partial charge in [0.15, 0.2) is 0 Å². The zero-order valence-corrected chi connectivity index (χ0v) is 30.0. The number of ether oxygens (including phenoxy) is 3. The topological polar surface area (TPSA) is 113 Å². The Kier molecular flexibility index (Phi) is 35.5. The maximum Gasteiger partial charge on any atom is 0.293 e. The Morgan fingerprint density at radius 2 is 1.67 bits per heavy atom. The molecular weight excluding hydrogens is 580 g/mol. The number of nitrogens with one attached hydrogen (secondary N) is 2. The van der Waals surface area contributed by atoms with Gasteiger partial charge in [-0.15, -0.1) is 0 Å². The van der Waals surface area contributed by atoms with Gasteiger partial charge in [0.25, 0.3) is 6.47 Å². The van der Waals surface area contributed by atoms with E-state index in [1.807, 2.05) is 91.4 Å². The van der Waals surface area contributed by atoms with Gasteiger partial charge in [-0.3, -0.25) is 9.69 Å². The van der Waals surface area contributed by atoms with Gasteiger partial charge in [0, 0.05) is 53.5 Å². The van der Waals surface area contributed by atoms with Crippen LogP contribution in [-0.4, -0.2) is 88.8 Å².